The predicted molar refractivity (Wildman–Crippen MR) is 84.3 cm³/mol. The molecule has 2 aromatic rings. The van der Waals surface area contributed by atoms with Crippen LogP contribution in [-0.4, -0.2) is 5.97 Å². The highest BCUT2D eigenvalue weighted by atomic mass is 16.6. The SMILES string of the molecule is C=C(C)C(=O)OC(C)(c1ccoc1)C1Cc2ccccc2C1. The normalized spacial score (nSPS) is 16.8. The monoisotopic (exact) mass is 296 g/mol. The molecule has 0 bridgehead atoms. The van der Waals surface area contributed by atoms with Crippen LogP contribution in [0.25, 0.3) is 0 Å². The molecule has 1 unspecified atom stereocenters. The van der Waals surface area contributed by atoms with Crippen molar-refractivity contribution < 1.29 is 13.9 Å². The van der Waals surface area contributed by atoms with Crippen LogP contribution in [0.2, 0.25) is 0 Å². The van der Waals surface area contributed by atoms with Gasteiger partial charge in [0.05, 0.1) is 12.5 Å². The van der Waals surface area contributed by atoms with E-state index in [1.807, 2.05) is 13.0 Å². The summed E-state index contributed by atoms with van der Waals surface area (Å²) < 4.78 is 11.1. The summed E-state index contributed by atoms with van der Waals surface area (Å²) in [6.07, 6.45) is 5.06. The van der Waals surface area contributed by atoms with E-state index in [1.165, 1.54) is 11.1 Å². The van der Waals surface area contributed by atoms with Gasteiger partial charge in [0.15, 0.2) is 0 Å². The van der Waals surface area contributed by atoms with Crippen molar-refractivity contribution >= 4 is 5.97 Å². The summed E-state index contributed by atoms with van der Waals surface area (Å²) in [6, 6.07) is 10.3. The molecule has 3 rings (SSSR count). The molecule has 1 atom stereocenters. The predicted octanol–water partition coefficient (Wildman–Crippen LogP) is 4.03. The molecule has 3 heteroatoms. The molecule has 1 heterocycles. The van der Waals surface area contributed by atoms with Crippen molar-refractivity contribution in [3.05, 3.63) is 71.7 Å². The molecular weight excluding hydrogens is 276 g/mol. The Morgan fingerprint density at radius 2 is 1.91 bits per heavy atom. The van der Waals surface area contributed by atoms with Crippen LogP contribution >= 0.6 is 0 Å². The van der Waals surface area contributed by atoms with E-state index in [1.54, 1.807) is 19.5 Å². The molecule has 1 aliphatic rings. The fourth-order valence-corrected chi connectivity index (χ4v) is 3.15. The molecule has 0 amide bonds. The Labute approximate surface area is 130 Å². The van der Waals surface area contributed by atoms with Gasteiger partial charge in [-0.1, -0.05) is 30.8 Å². The Morgan fingerprint density at radius 1 is 1.27 bits per heavy atom. The first-order valence-electron chi connectivity index (χ1n) is 7.49. The summed E-state index contributed by atoms with van der Waals surface area (Å²) in [7, 11) is 0. The number of fused-ring (bicyclic) bond motifs is 1. The summed E-state index contributed by atoms with van der Waals surface area (Å²) in [6.45, 7) is 7.32. The number of hydrogen-bond donors (Lipinski definition) is 0. The van der Waals surface area contributed by atoms with Crippen molar-refractivity contribution in [3.63, 3.8) is 0 Å². The Hall–Kier alpha value is -2.29. The molecule has 22 heavy (non-hydrogen) atoms. The minimum atomic E-state index is -0.720. The zero-order valence-electron chi connectivity index (χ0n) is 13.0. The first kappa shape index (κ1) is 14.6. The second-order valence-corrected chi connectivity index (χ2v) is 6.16. The minimum Gasteiger partial charge on any atom is -0.472 e. The topological polar surface area (TPSA) is 39.4 Å². The van der Waals surface area contributed by atoms with Crippen LogP contribution in [0, 0.1) is 5.92 Å². The van der Waals surface area contributed by atoms with Crippen molar-refractivity contribution in [3.8, 4) is 0 Å². The lowest BCUT2D eigenvalue weighted by atomic mass is 9.82. The van der Waals surface area contributed by atoms with Crippen LogP contribution in [-0.2, 0) is 28.0 Å². The highest BCUT2D eigenvalue weighted by Crippen LogP contribution is 2.42. The van der Waals surface area contributed by atoms with E-state index in [4.69, 9.17) is 9.15 Å². The van der Waals surface area contributed by atoms with Gasteiger partial charge >= 0.3 is 5.97 Å². The average molecular weight is 296 g/mol. The molecule has 0 aliphatic heterocycles. The molecule has 0 fully saturated rings. The van der Waals surface area contributed by atoms with E-state index in [2.05, 4.69) is 30.8 Å². The van der Waals surface area contributed by atoms with Gasteiger partial charge in [0, 0.05) is 17.1 Å². The Bertz CT molecular complexity index is 674. The second kappa shape index (κ2) is 5.48. The van der Waals surface area contributed by atoms with Gasteiger partial charge in [-0.2, -0.15) is 0 Å². The number of ether oxygens (including phenoxy) is 1. The van der Waals surface area contributed by atoms with Crippen LogP contribution in [0.1, 0.15) is 30.5 Å². The van der Waals surface area contributed by atoms with Crippen molar-refractivity contribution in [1.29, 1.82) is 0 Å². The van der Waals surface area contributed by atoms with E-state index in [0.717, 1.165) is 18.4 Å². The van der Waals surface area contributed by atoms with E-state index >= 15 is 0 Å². The number of carbonyl (C=O) groups is 1. The third-order valence-electron chi connectivity index (χ3n) is 4.58. The van der Waals surface area contributed by atoms with Gasteiger partial charge in [-0.05, 0) is 43.9 Å². The number of hydrogen-bond acceptors (Lipinski definition) is 3. The lowest BCUT2D eigenvalue weighted by Gasteiger charge is -2.34. The quantitative estimate of drug-likeness (QED) is 0.631. The smallest absolute Gasteiger partial charge is 0.334 e. The Morgan fingerprint density at radius 3 is 2.41 bits per heavy atom. The molecule has 3 nitrogen and oxygen atoms in total. The summed E-state index contributed by atoms with van der Waals surface area (Å²) in [5.41, 5.74) is 3.23. The van der Waals surface area contributed by atoms with Gasteiger partial charge < -0.3 is 9.15 Å². The van der Waals surface area contributed by atoms with Crippen LogP contribution in [0.15, 0.2) is 59.4 Å². The average Bonchev–Trinajstić information content (AvgIpc) is 3.16. The first-order valence-corrected chi connectivity index (χ1v) is 7.49. The van der Waals surface area contributed by atoms with Gasteiger partial charge in [-0.25, -0.2) is 4.79 Å². The van der Waals surface area contributed by atoms with E-state index in [9.17, 15) is 4.79 Å². The molecule has 0 radical (unpaired) electrons. The van der Waals surface area contributed by atoms with Gasteiger partial charge in [0.2, 0.25) is 0 Å². The lowest BCUT2D eigenvalue weighted by molar-refractivity contribution is -0.160. The molecule has 114 valence electrons. The number of benzene rings is 1. The first-order chi connectivity index (χ1) is 10.5. The van der Waals surface area contributed by atoms with Crippen molar-refractivity contribution in [2.75, 3.05) is 0 Å². The standard InChI is InChI=1S/C19H20O3/c1-13(2)18(20)22-19(3,16-8-9-21-12-16)17-10-14-6-4-5-7-15(14)11-17/h4-9,12,17H,1,10-11H2,2-3H3. The van der Waals surface area contributed by atoms with Crippen LogP contribution in [0.3, 0.4) is 0 Å². The summed E-state index contributed by atoms with van der Waals surface area (Å²) >= 11 is 0. The molecule has 0 spiro atoms. The fourth-order valence-electron chi connectivity index (χ4n) is 3.15. The highest BCUT2D eigenvalue weighted by Gasteiger charge is 2.43. The molecular formula is C19H20O3. The van der Waals surface area contributed by atoms with Gasteiger partial charge in [-0.3, -0.25) is 0 Å². The maximum Gasteiger partial charge on any atom is 0.334 e. The van der Waals surface area contributed by atoms with Gasteiger partial charge in [0.1, 0.15) is 5.60 Å². The van der Waals surface area contributed by atoms with Crippen LogP contribution in [0.4, 0.5) is 0 Å². The number of rotatable bonds is 4. The van der Waals surface area contributed by atoms with Gasteiger partial charge in [0.25, 0.3) is 0 Å². The number of esters is 1. The Kier molecular flexibility index (Phi) is 3.65. The zero-order chi connectivity index (χ0) is 15.7. The Balaban J connectivity index is 1.94. The fraction of sp³-hybridized carbons (Fsp3) is 0.316. The number of furan rings is 1. The van der Waals surface area contributed by atoms with Crippen molar-refractivity contribution in [2.45, 2.75) is 32.3 Å². The third kappa shape index (κ3) is 2.47. The van der Waals surface area contributed by atoms with Crippen LogP contribution < -0.4 is 0 Å². The summed E-state index contributed by atoms with van der Waals surface area (Å²) in [5, 5.41) is 0. The van der Waals surface area contributed by atoms with Crippen molar-refractivity contribution in [1.82, 2.24) is 0 Å². The largest absolute Gasteiger partial charge is 0.472 e. The van der Waals surface area contributed by atoms with Crippen LogP contribution in [0.5, 0.6) is 0 Å². The molecule has 0 saturated heterocycles. The molecule has 1 aromatic heterocycles. The lowest BCUT2D eigenvalue weighted by Crippen LogP contribution is -2.37. The highest BCUT2D eigenvalue weighted by molar-refractivity contribution is 5.87. The third-order valence-corrected chi connectivity index (χ3v) is 4.58. The van der Waals surface area contributed by atoms with E-state index in [0.29, 0.717) is 5.57 Å². The molecule has 0 N–H and O–H groups in total. The van der Waals surface area contributed by atoms with Crippen molar-refractivity contribution in [2.24, 2.45) is 5.92 Å². The summed E-state index contributed by atoms with van der Waals surface area (Å²) in [5.74, 6) is -0.176. The van der Waals surface area contributed by atoms with Gasteiger partial charge in [-0.15, -0.1) is 0 Å². The zero-order valence-corrected chi connectivity index (χ0v) is 13.0. The molecule has 0 saturated carbocycles. The molecule has 1 aliphatic carbocycles. The molecule has 1 aromatic carbocycles. The second-order valence-electron chi connectivity index (χ2n) is 6.16. The maximum absolute atomic E-state index is 12.1. The van der Waals surface area contributed by atoms with E-state index < -0.39 is 5.60 Å². The number of carbonyl (C=O) groups excluding carboxylic acids is 1. The maximum atomic E-state index is 12.1. The summed E-state index contributed by atoms with van der Waals surface area (Å²) in [4.78, 5) is 12.1. The minimum absolute atomic E-state index is 0.186. The van der Waals surface area contributed by atoms with E-state index in [-0.39, 0.29) is 11.9 Å².